The highest BCUT2D eigenvalue weighted by Gasteiger charge is 2.13. The number of nitrogens with zero attached hydrogens (tertiary/aromatic N) is 5. The molecule has 0 saturated carbocycles. The molecule has 0 atom stereocenters. The molecule has 0 bridgehead atoms. The highest BCUT2D eigenvalue weighted by molar-refractivity contribution is 5.86. The van der Waals surface area contributed by atoms with Gasteiger partial charge in [0.1, 0.15) is 11.6 Å². The molecule has 2 aromatic heterocycles. The van der Waals surface area contributed by atoms with Crippen molar-refractivity contribution in [1.29, 1.82) is 0 Å². The summed E-state index contributed by atoms with van der Waals surface area (Å²) in [7, 11) is 5.35. The van der Waals surface area contributed by atoms with Gasteiger partial charge < -0.3 is 15.2 Å². The van der Waals surface area contributed by atoms with E-state index in [0.29, 0.717) is 25.5 Å². The van der Waals surface area contributed by atoms with Crippen molar-refractivity contribution in [2.45, 2.75) is 6.54 Å². The van der Waals surface area contributed by atoms with Crippen LogP contribution in [0.1, 0.15) is 5.82 Å². The van der Waals surface area contributed by atoms with Crippen molar-refractivity contribution in [2.75, 3.05) is 45.8 Å². The second-order valence-corrected chi connectivity index (χ2v) is 4.74. The fourth-order valence-electron chi connectivity index (χ4n) is 2.16. The molecule has 2 rings (SSSR count). The van der Waals surface area contributed by atoms with Crippen LogP contribution >= 0.6 is 0 Å². The van der Waals surface area contributed by atoms with Crippen molar-refractivity contribution in [1.82, 2.24) is 24.6 Å². The van der Waals surface area contributed by atoms with E-state index in [-0.39, 0.29) is 6.61 Å². The van der Waals surface area contributed by atoms with E-state index in [2.05, 4.69) is 25.3 Å². The van der Waals surface area contributed by atoms with Gasteiger partial charge in [0.15, 0.2) is 5.65 Å². The number of hydrogen-bond donors (Lipinski definition) is 2. The van der Waals surface area contributed by atoms with Gasteiger partial charge in [-0.2, -0.15) is 5.10 Å². The molecule has 0 amide bonds. The van der Waals surface area contributed by atoms with Gasteiger partial charge in [-0.05, 0) is 0 Å². The van der Waals surface area contributed by atoms with Gasteiger partial charge in [0, 0.05) is 34.3 Å². The van der Waals surface area contributed by atoms with E-state index in [1.165, 1.54) is 0 Å². The monoisotopic (exact) mass is 294 g/mol. The fraction of sp³-hybridized carbons (Fsp3) is 0.615. The van der Waals surface area contributed by atoms with Crippen LogP contribution < -0.4 is 5.32 Å². The van der Waals surface area contributed by atoms with Crippen molar-refractivity contribution in [3.8, 4) is 0 Å². The Bertz CT molecular complexity index is 585. The number of ether oxygens (including phenoxy) is 1. The third-order valence-electron chi connectivity index (χ3n) is 3.27. The lowest BCUT2D eigenvalue weighted by molar-refractivity contribution is 0.125. The predicted octanol–water partition coefficient (Wildman–Crippen LogP) is -0.154. The number of hydrogen-bond acceptors (Lipinski definition) is 7. The lowest BCUT2D eigenvalue weighted by Crippen LogP contribution is -2.30. The average molecular weight is 294 g/mol. The molecule has 2 aromatic rings. The molecule has 0 saturated heterocycles. The molecule has 2 heterocycles. The minimum atomic E-state index is 0.0938. The van der Waals surface area contributed by atoms with Crippen molar-refractivity contribution in [2.24, 2.45) is 7.05 Å². The molecule has 116 valence electrons. The topological polar surface area (TPSA) is 88.3 Å². The second-order valence-electron chi connectivity index (χ2n) is 4.74. The van der Waals surface area contributed by atoms with Gasteiger partial charge in [0.2, 0.25) is 0 Å². The number of aryl methyl sites for hydroxylation is 1. The smallest absolute Gasteiger partial charge is 0.163 e. The highest BCUT2D eigenvalue weighted by atomic mass is 16.5. The standard InChI is InChI=1S/C13H22N6O2/c1-14-12-10-8-15-18(2)13(10)17-11(16-12)9-19(4-6-20)5-7-21-3/h8,20H,4-7,9H2,1-3H3,(H,14,16,17). The van der Waals surface area contributed by atoms with Crippen LogP contribution in [0.25, 0.3) is 11.0 Å². The molecule has 21 heavy (non-hydrogen) atoms. The van der Waals surface area contributed by atoms with Gasteiger partial charge in [-0.15, -0.1) is 0 Å². The molecule has 8 heteroatoms. The lowest BCUT2D eigenvalue weighted by Gasteiger charge is -2.20. The molecule has 8 nitrogen and oxygen atoms in total. The Kier molecular flexibility index (Phi) is 5.43. The summed E-state index contributed by atoms with van der Waals surface area (Å²) in [6, 6.07) is 0. The number of aliphatic hydroxyl groups is 1. The maximum absolute atomic E-state index is 9.15. The maximum atomic E-state index is 9.15. The number of methoxy groups -OCH3 is 1. The van der Waals surface area contributed by atoms with Crippen LogP contribution in [0.3, 0.4) is 0 Å². The average Bonchev–Trinajstić information content (AvgIpc) is 2.86. The first-order valence-electron chi connectivity index (χ1n) is 6.88. The number of anilines is 1. The third kappa shape index (κ3) is 3.66. The zero-order chi connectivity index (χ0) is 15.2. The van der Waals surface area contributed by atoms with E-state index >= 15 is 0 Å². The Morgan fingerprint density at radius 3 is 2.86 bits per heavy atom. The maximum Gasteiger partial charge on any atom is 0.163 e. The van der Waals surface area contributed by atoms with Crippen LogP contribution in [0, 0.1) is 0 Å². The Hall–Kier alpha value is -1.77. The molecular weight excluding hydrogens is 272 g/mol. The molecule has 0 fully saturated rings. The Labute approximate surface area is 123 Å². The van der Waals surface area contributed by atoms with Gasteiger partial charge >= 0.3 is 0 Å². The lowest BCUT2D eigenvalue weighted by atomic mass is 10.3. The minimum Gasteiger partial charge on any atom is -0.395 e. The van der Waals surface area contributed by atoms with Crippen molar-refractivity contribution in [3.05, 3.63) is 12.0 Å². The summed E-state index contributed by atoms with van der Waals surface area (Å²) < 4.78 is 6.82. The van der Waals surface area contributed by atoms with Crippen molar-refractivity contribution >= 4 is 16.9 Å². The summed E-state index contributed by atoms with van der Waals surface area (Å²) in [5.74, 6) is 1.46. The first-order valence-corrected chi connectivity index (χ1v) is 6.88. The van der Waals surface area contributed by atoms with E-state index in [9.17, 15) is 0 Å². The summed E-state index contributed by atoms with van der Waals surface area (Å²) in [4.78, 5) is 11.1. The Balaban J connectivity index is 2.25. The highest BCUT2D eigenvalue weighted by Crippen LogP contribution is 2.19. The molecule has 0 unspecified atom stereocenters. The van der Waals surface area contributed by atoms with Gasteiger partial charge in [0.05, 0.1) is 31.3 Å². The summed E-state index contributed by atoms with van der Waals surface area (Å²) in [6.45, 7) is 2.53. The molecule has 0 aliphatic carbocycles. The molecule has 0 aromatic carbocycles. The van der Waals surface area contributed by atoms with Crippen molar-refractivity contribution in [3.63, 3.8) is 0 Å². The Morgan fingerprint density at radius 2 is 2.19 bits per heavy atom. The number of aliphatic hydroxyl groups excluding tert-OH is 1. The summed E-state index contributed by atoms with van der Waals surface area (Å²) in [5, 5.41) is 17.3. The summed E-state index contributed by atoms with van der Waals surface area (Å²) in [5.41, 5.74) is 0.792. The summed E-state index contributed by atoms with van der Waals surface area (Å²) in [6.07, 6.45) is 1.75. The first kappa shape index (κ1) is 15.6. The van der Waals surface area contributed by atoms with Gasteiger partial charge in [0.25, 0.3) is 0 Å². The van der Waals surface area contributed by atoms with Gasteiger partial charge in [-0.1, -0.05) is 0 Å². The van der Waals surface area contributed by atoms with Gasteiger partial charge in [-0.25, -0.2) is 9.97 Å². The van der Waals surface area contributed by atoms with Crippen LogP contribution in [0.5, 0.6) is 0 Å². The fourth-order valence-corrected chi connectivity index (χ4v) is 2.16. The van der Waals surface area contributed by atoms with E-state index in [0.717, 1.165) is 23.4 Å². The second kappa shape index (κ2) is 7.30. The number of fused-ring (bicyclic) bond motifs is 1. The molecular formula is C13H22N6O2. The Morgan fingerprint density at radius 1 is 1.38 bits per heavy atom. The van der Waals surface area contributed by atoms with Crippen LogP contribution in [-0.2, 0) is 18.3 Å². The number of rotatable bonds is 8. The van der Waals surface area contributed by atoms with Crippen LogP contribution in [0.2, 0.25) is 0 Å². The van der Waals surface area contributed by atoms with Crippen LogP contribution in [0.4, 0.5) is 5.82 Å². The largest absolute Gasteiger partial charge is 0.395 e. The SMILES string of the molecule is CNc1nc(CN(CCO)CCOC)nc2c1cnn2C. The normalized spacial score (nSPS) is 11.5. The molecule has 0 spiro atoms. The van der Waals surface area contributed by atoms with E-state index in [1.54, 1.807) is 18.0 Å². The van der Waals surface area contributed by atoms with Crippen LogP contribution in [-0.4, -0.2) is 70.2 Å². The summed E-state index contributed by atoms with van der Waals surface area (Å²) >= 11 is 0. The van der Waals surface area contributed by atoms with E-state index < -0.39 is 0 Å². The van der Waals surface area contributed by atoms with E-state index in [1.807, 2.05) is 14.1 Å². The number of nitrogens with one attached hydrogen (secondary N) is 1. The van der Waals surface area contributed by atoms with E-state index in [4.69, 9.17) is 9.84 Å². The molecule has 2 N–H and O–H groups in total. The first-order chi connectivity index (χ1) is 10.2. The minimum absolute atomic E-state index is 0.0938. The predicted molar refractivity (Wildman–Crippen MR) is 80.1 cm³/mol. The molecule has 0 aliphatic heterocycles. The number of aromatic nitrogens is 4. The van der Waals surface area contributed by atoms with Crippen LogP contribution in [0.15, 0.2) is 6.20 Å². The molecule has 0 radical (unpaired) electrons. The zero-order valence-corrected chi connectivity index (χ0v) is 12.7. The van der Waals surface area contributed by atoms with Crippen molar-refractivity contribution < 1.29 is 9.84 Å². The third-order valence-corrected chi connectivity index (χ3v) is 3.27. The quantitative estimate of drug-likeness (QED) is 0.699. The zero-order valence-electron chi connectivity index (χ0n) is 12.7. The molecule has 0 aliphatic rings. The van der Waals surface area contributed by atoms with Gasteiger partial charge in [-0.3, -0.25) is 9.58 Å².